The molecule has 0 aliphatic carbocycles. The Hall–Kier alpha value is -2.44. The molecule has 2 aromatic carbocycles. The minimum absolute atomic E-state index is 0. The Bertz CT molecular complexity index is 911. The first kappa shape index (κ1) is 21.3. The Morgan fingerprint density at radius 2 is 1.69 bits per heavy atom. The largest absolute Gasteiger partial charge is 0.337 e. The third-order valence-corrected chi connectivity index (χ3v) is 5.98. The van der Waals surface area contributed by atoms with Crippen LogP contribution in [0.5, 0.6) is 0 Å². The monoisotopic (exact) mass is 415 g/mol. The van der Waals surface area contributed by atoms with E-state index in [1.807, 2.05) is 36.1 Å². The Labute approximate surface area is 176 Å². The predicted octanol–water partition coefficient (Wildman–Crippen LogP) is 2.85. The second kappa shape index (κ2) is 8.51. The second-order valence-electron chi connectivity index (χ2n) is 7.65. The van der Waals surface area contributed by atoms with Crippen LogP contribution < -0.4 is 5.32 Å². The Morgan fingerprint density at radius 1 is 1.07 bits per heavy atom. The molecule has 0 radical (unpaired) electrons. The van der Waals surface area contributed by atoms with Crippen LogP contribution in [0.3, 0.4) is 0 Å². The number of nitrogens with zero attached hydrogens (tertiary/aromatic N) is 2. The second-order valence-corrected chi connectivity index (χ2v) is 7.65. The zero-order chi connectivity index (χ0) is 19.8. The van der Waals surface area contributed by atoms with Crippen molar-refractivity contribution in [2.24, 2.45) is 0 Å². The van der Waals surface area contributed by atoms with Crippen LogP contribution in [-0.4, -0.2) is 59.2 Å². The molecule has 6 nitrogen and oxygen atoms in total. The van der Waals surface area contributed by atoms with Crippen LogP contribution in [0.2, 0.25) is 0 Å². The third-order valence-electron chi connectivity index (χ3n) is 5.98. The number of amides is 3. The van der Waals surface area contributed by atoms with Crippen molar-refractivity contribution in [2.75, 3.05) is 19.6 Å². The highest BCUT2D eigenvalue weighted by Crippen LogP contribution is 2.30. The molecule has 2 aromatic rings. The van der Waals surface area contributed by atoms with E-state index in [1.165, 1.54) is 4.90 Å². The van der Waals surface area contributed by atoms with Crippen LogP contribution in [0.25, 0.3) is 10.8 Å². The number of hydrogen-bond acceptors (Lipinski definition) is 4. The molecule has 1 fully saturated rings. The van der Waals surface area contributed by atoms with Crippen molar-refractivity contribution in [1.29, 1.82) is 0 Å². The van der Waals surface area contributed by atoms with E-state index in [-0.39, 0.29) is 48.8 Å². The number of imide groups is 1. The fraction of sp³-hybridized carbons (Fsp3) is 0.409. The van der Waals surface area contributed by atoms with Gasteiger partial charge in [-0.2, -0.15) is 0 Å². The summed E-state index contributed by atoms with van der Waals surface area (Å²) >= 11 is 0. The zero-order valence-electron chi connectivity index (χ0n) is 16.7. The van der Waals surface area contributed by atoms with Crippen LogP contribution in [0.15, 0.2) is 36.4 Å². The summed E-state index contributed by atoms with van der Waals surface area (Å²) in [4.78, 5) is 41.6. The minimum atomic E-state index is -0.272. The molecule has 2 heterocycles. The lowest BCUT2D eigenvalue weighted by Crippen LogP contribution is -2.57. The van der Waals surface area contributed by atoms with Gasteiger partial charge >= 0.3 is 0 Å². The number of piperazine rings is 1. The third kappa shape index (κ3) is 3.74. The lowest BCUT2D eigenvalue weighted by atomic mass is 9.94. The van der Waals surface area contributed by atoms with Crippen molar-refractivity contribution in [3.63, 3.8) is 0 Å². The maximum Gasteiger partial charge on any atom is 0.261 e. The van der Waals surface area contributed by atoms with Gasteiger partial charge in [0.1, 0.15) is 0 Å². The van der Waals surface area contributed by atoms with Crippen LogP contribution in [0.4, 0.5) is 0 Å². The van der Waals surface area contributed by atoms with E-state index < -0.39 is 0 Å². The van der Waals surface area contributed by atoms with Gasteiger partial charge in [-0.25, -0.2) is 0 Å². The summed E-state index contributed by atoms with van der Waals surface area (Å²) in [5.41, 5.74) is 1.12. The molecule has 2 aliphatic rings. The SMILES string of the molecule is CC1NCCN(C(=O)CCCN2C(=O)c3cccc4cccc(c34)C2=O)C1C.Cl. The van der Waals surface area contributed by atoms with E-state index in [0.717, 1.165) is 17.3 Å². The molecule has 2 unspecified atom stereocenters. The fourth-order valence-corrected chi connectivity index (χ4v) is 4.22. The lowest BCUT2D eigenvalue weighted by Gasteiger charge is -2.38. The Balaban J connectivity index is 0.00000240. The molecule has 0 spiro atoms. The van der Waals surface area contributed by atoms with Crippen LogP contribution in [0, 0.1) is 0 Å². The van der Waals surface area contributed by atoms with E-state index in [0.29, 0.717) is 30.5 Å². The summed E-state index contributed by atoms with van der Waals surface area (Å²) in [6.45, 7) is 5.86. The Morgan fingerprint density at radius 3 is 2.31 bits per heavy atom. The average Bonchev–Trinajstić information content (AvgIpc) is 2.70. The van der Waals surface area contributed by atoms with Gasteiger partial charge in [0.25, 0.3) is 11.8 Å². The van der Waals surface area contributed by atoms with Crippen molar-refractivity contribution in [3.8, 4) is 0 Å². The topological polar surface area (TPSA) is 69.7 Å². The van der Waals surface area contributed by atoms with Gasteiger partial charge in [0, 0.05) is 54.7 Å². The molecule has 0 aromatic heterocycles. The summed E-state index contributed by atoms with van der Waals surface area (Å²) in [5, 5.41) is 4.99. The fourth-order valence-electron chi connectivity index (χ4n) is 4.22. The average molecular weight is 416 g/mol. The summed E-state index contributed by atoms with van der Waals surface area (Å²) in [7, 11) is 0. The van der Waals surface area contributed by atoms with Gasteiger partial charge in [0.2, 0.25) is 5.91 Å². The smallest absolute Gasteiger partial charge is 0.261 e. The standard InChI is InChI=1S/C22H25N3O3.ClH/c1-14-15(2)24(13-11-23-14)19(26)10-5-12-25-21(27)17-8-3-6-16-7-4-9-18(20(16)17)22(25)28;/h3-4,6-9,14-15,23H,5,10-13H2,1-2H3;1H. The summed E-state index contributed by atoms with van der Waals surface area (Å²) in [6, 6.07) is 11.4. The normalized spacial score (nSPS) is 21.3. The maximum atomic E-state index is 12.9. The minimum Gasteiger partial charge on any atom is -0.337 e. The number of halogens is 1. The van der Waals surface area contributed by atoms with Crippen LogP contribution >= 0.6 is 12.4 Å². The van der Waals surface area contributed by atoms with Gasteiger partial charge in [-0.1, -0.05) is 24.3 Å². The molecular formula is C22H26ClN3O3. The maximum absolute atomic E-state index is 12.9. The Kier molecular flexibility index (Phi) is 6.24. The first-order valence-corrected chi connectivity index (χ1v) is 9.90. The van der Waals surface area contributed by atoms with Crippen molar-refractivity contribution in [1.82, 2.24) is 15.1 Å². The van der Waals surface area contributed by atoms with Crippen molar-refractivity contribution >= 4 is 40.9 Å². The van der Waals surface area contributed by atoms with Crippen molar-refractivity contribution in [3.05, 3.63) is 47.5 Å². The number of carbonyl (C=O) groups is 3. The molecule has 4 rings (SSSR count). The molecule has 2 aliphatic heterocycles. The van der Waals surface area contributed by atoms with Gasteiger partial charge in [0.05, 0.1) is 0 Å². The number of benzene rings is 2. The molecule has 0 saturated carbocycles. The first-order valence-electron chi connectivity index (χ1n) is 9.90. The lowest BCUT2D eigenvalue weighted by molar-refractivity contribution is -0.135. The molecule has 2 atom stereocenters. The van der Waals surface area contributed by atoms with E-state index in [1.54, 1.807) is 12.1 Å². The first-order chi connectivity index (χ1) is 13.5. The van der Waals surface area contributed by atoms with Crippen LogP contribution in [-0.2, 0) is 4.79 Å². The van der Waals surface area contributed by atoms with Crippen LogP contribution in [0.1, 0.15) is 47.4 Å². The number of hydrogen-bond donors (Lipinski definition) is 1. The van der Waals surface area contributed by atoms with Gasteiger partial charge in [-0.3, -0.25) is 19.3 Å². The number of carbonyl (C=O) groups excluding carboxylic acids is 3. The van der Waals surface area contributed by atoms with Gasteiger partial charge in [-0.05, 0) is 37.8 Å². The molecule has 0 bridgehead atoms. The van der Waals surface area contributed by atoms with E-state index >= 15 is 0 Å². The molecule has 29 heavy (non-hydrogen) atoms. The summed E-state index contributed by atoms with van der Waals surface area (Å²) in [5.74, 6) is -0.461. The molecule has 3 amide bonds. The zero-order valence-corrected chi connectivity index (χ0v) is 17.5. The number of rotatable bonds is 4. The van der Waals surface area contributed by atoms with Gasteiger partial charge < -0.3 is 10.2 Å². The highest BCUT2D eigenvalue weighted by atomic mass is 35.5. The predicted molar refractivity (Wildman–Crippen MR) is 114 cm³/mol. The van der Waals surface area contributed by atoms with E-state index in [9.17, 15) is 14.4 Å². The molecule has 7 heteroatoms. The molecular weight excluding hydrogens is 390 g/mol. The van der Waals surface area contributed by atoms with Crippen molar-refractivity contribution < 1.29 is 14.4 Å². The summed E-state index contributed by atoms with van der Waals surface area (Å²) < 4.78 is 0. The molecule has 1 N–H and O–H groups in total. The molecule has 1 saturated heterocycles. The van der Waals surface area contributed by atoms with E-state index in [2.05, 4.69) is 12.2 Å². The van der Waals surface area contributed by atoms with Gasteiger partial charge in [-0.15, -0.1) is 12.4 Å². The molecule has 154 valence electrons. The van der Waals surface area contributed by atoms with E-state index in [4.69, 9.17) is 0 Å². The number of nitrogens with one attached hydrogen (secondary N) is 1. The highest BCUT2D eigenvalue weighted by Gasteiger charge is 2.33. The van der Waals surface area contributed by atoms with Gasteiger partial charge in [0.15, 0.2) is 0 Å². The highest BCUT2D eigenvalue weighted by molar-refractivity contribution is 6.25. The summed E-state index contributed by atoms with van der Waals surface area (Å²) in [6.07, 6.45) is 0.805. The quantitative estimate of drug-likeness (QED) is 0.779. The van der Waals surface area contributed by atoms with Crippen molar-refractivity contribution in [2.45, 2.75) is 38.8 Å².